The van der Waals surface area contributed by atoms with Gasteiger partial charge < -0.3 is 20.1 Å². The van der Waals surface area contributed by atoms with Crippen molar-refractivity contribution in [2.24, 2.45) is 5.73 Å². The van der Waals surface area contributed by atoms with Gasteiger partial charge >= 0.3 is 0 Å². The van der Waals surface area contributed by atoms with E-state index in [2.05, 4.69) is 15.2 Å². The number of anilines is 2. The monoisotopic (exact) mass is 412 g/mol. The Morgan fingerprint density at radius 2 is 2.10 bits per heavy atom. The third-order valence-corrected chi connectivity index (χ3v) is 6.13. The van der Waals surface area contributed by atoms with Crippen LogP contribution in [-0.4, -0.2) is 44.3 Å². The van der Waals surface area contributed by atoms with Gasteiger partial charge in [0.2, 0.25) is 0 Å². The van der Waals surface area contributed by atoms with Crippen LogP contribution in [0.15, 0.2) is 30.3 Å². The van der Waals surface area contributed by atoms with E-state index in [9.17, 15) is 4.79 Å². The van der Waals surface area contributed by atoms with Gasteiger partial charge in [0.1, 0.15) is 11.3 Å². The maximum Gasteiger partial charge on any atom is 0.257 e. The van der Waals surface area contributed by atoms with Crippen LogP contribution in [0.25, 0.3) is 10.2 Å². The van der Waals surface area contributed by atoms with Crippen LogP contribution in [0.5, 0.6) is 5.75 Å². The van der Waals surface area contributed by atoms with Crippen LogP contribution in [-0.2, 0) is 11.3 Å². The lowest BCUT2D eigenvalue weighted by Gasteiger charge is -2.29. The minimum Gasteiger partial charge on any atom is -0.494 e. The molecule has 4 rings (SSSR count). The Morgan fingerprint density at radius 3 is 2.83 bits per heavy atom. The normalized spacial score (nSPS) is 14.2. The molecule has 0 spiro atoms. The van der Waals surface area contributed by atoms with Crippen LogP contribution in [0.1, 0.15) is 21.5 Å². The van der Waals surface area contributed by atoms with E-state index < -0.39 is 0 Å². The van der Waals surface area contributed by atoms with E-state index in [1.165, 1.54) is 11.3 Å². The van der Waals surface area contributed by atoms with E-state index in [0.717, 1.165) is 40.1 Å². The summed E-state index contributed by atoms with van der Waals surface area (Å²) in [5, 5.41) is 3.48. The summed E-state index contributed by atoms with van der Waals surface area (Å²) in [7, 11) is 1.63. The summed E-state index contributed by atoms with van der Waals surface area (Å²) < 4.78 is 12.0. The zero-order chi connectivity index (χ0) is 20.4. The molecule has 3 aromatic rings. The molecule has 1 saturated heterocycles. The first-order valence-electron chi connectivity index (χ1n) is 9.52. The summed E-state index contributed by atoms with van der Waals surface area (Å²) in [5.41, 5.74) is 10.1. The molecule has 8 heteroatoms. The number of fused-ring (bicyclic) bond motifs is 1. The molecule has 1 aliphatic heterocycles. The molecule has 1 amide bonds. The van der Waals surface area contributed by atoms with Crippen LogP contribution in [0.3, 0.4) is 0 Å². The Kier molecular flexibility index (Phi) is 5.66. The SMILES string of the molecule is COc1ccc(N2CCOCC2)c2sc(NC(=O)c3cccc(C)c3CN)nc12. The maximum absolute atomic E-state index is 12.9. The fourth-order valence-corrected chi connectivity index (χ4v) is 4.61. The molecule has 1 aromatic heterocycles. The molecule has 0 radical (unpaired) electrons. The zero-order valence-electron chi connectivity index (χ0n) is 16.5. The molecule has 1 fully saturated rings. The van der Waals surface area contributed by atoms with E-state index in [1.54, 1.807) is 13.2 Å². The van der Waals surface area contributed by atoms with Gasteiger partial charge in [0, 0.05) is 25.2 Å². The topological polar surface area (TPSA) is 89.7 Å². The standard InChI is InChI=1S/C21H24N4O3S/c1-13-4-3-5-14(15(13)12-22)20(26)24-21-23-18-17(27-2)7-6-16(19(18)29-21)25-8-10-28-11-9-25/h3-7H,8-12,22H2,1-2H3,(H,23,24,26). The molecule has 0 aliphatic carbocycles. The lowest BCUT2D eigenvalue weighted by Crippen LogP contribution is -2.36. The number of carbonyl (C=O) groups is 1. The first-order valence-corrected chi connectivity index (χ1v) is 10.3. The van der Waals surface area contributed by atoms with Gasteiger partial charge in [-0.1, -0.05) is 23.5 Å². The zero-order valence-corrected chi connectivity index (χ0v) is 17.3. The van der Waals surface area contributed by atoms with Crippen LogP contribution in [0.4, 0.5) is 10.8 Å². The molecule has 0 bridgehead atoms. The van der Waals surface area contributed by atoms with Gasteiger partial charge in [0.05, 0.1) is 30.7 Å². The number of aryl methyl sites for hydroxylation is 1. The average molecular weight is 413 g/mol. The predicted octanol–water partition coefficient (Wildman–Crippen LogP) is 3.16. The van der Waals surface area contributed by atoms with Gasteiger partial charge in [-0.05, 0) is 36.2 Å². The van der Waals surface area contributed by atoms with Gasteiger partial charge in [0.15, 0.2) is 5.13 Å². The third-order valence-electron chi connectivity index (χ3n) is 5.14. The van der Waals surface area contributed by atoms with Crippen LogP contribution >= 0.6 is 11.3 Å². The summed E-state index contributed by atoms with van der Waals surface area (Å²) in [6, 6.07) is 9.57. The number of ether oxygens (including phenoxy) is 2. The van der Waals surface area contributed by atoms with Crippen molar-refractivity contribution < 1.29 is 14.3 Å². The van der Waals surface area contributed by atoms with Crippen molar-refractivity contribution in [1.29, 1.82) is 0 Å². The van der Waals surface area contributed by atoms with E-state index in [0.29, 0.717) is 36.2 Å². The van der Waals surface area contributed by atoms with Crippen LogP contribution < -0.4 is 20.7 Å². The quantitative estimate of drug-likeness (QED) is 0.669. The molecule has 2 aromatic carbocycles. The highest BCUT2D eigenvalue weighted by Crippen LogP contribution is 2.39. The van der Waals surface area contributed by atoms with Gasteiger partial charge in [-0.25, -0.2) is 4.98 Å². The summed E-state index contributed by atoms with van der Waals surface area (Å²) in [4.78, 5) is 19.8. The molecule has 0 unspecified atom stereocenters. The van der Waals surface area contributed by atoms with Gasteiger partial charge in [-0.3, -0.25) is 10.1 Å². The summed E-state index contributed by atoms with van der Waals surface area (Å²) in [6.45, 7) is 5.31. The number of morpholine rings is 1. The number of nitrogens with two attached hydrogens (primary N) is 1. The second-order valence-electron chi connectivity index (χ2n) is 6.84. The number of nitrogens with one attached hydrogen (secondary N) is 1. The smallest absolute Gasteiger partial charge is 0.257 e. The van der Waals surface area contributed by atoms with E-state index >= 15 is 0 Å². The number of aromatic nitrogens is 1. The van der Waals surface area contributed by atoms with Gasteiger partial charge in [-0.2, -0.15) is 0 Å². The summed E-state index contributed by atoms with van der Waals surface area (Å²) >= 11 is 1.45. The number of amides is 1. The van der Waals surface area contributed by atoms with Crippen molar-refractivity contribution in [3.8, 4) is 5.75 Å². The lowest BCUT2D eigenvalue weighted by atomic mass is 10.0. The molecule has 152 valence electrons. The Bertz CT molecular complexity index is 1040. The largest absolute Gasteiger partial charge is 0.494 e. The maximum atomic E-state index is 12.9. The lowest BCUT2D eigenvalue weighted by molar-refractivity contribution is 0.102. The second-order valence-corrected chi connectivity index (χ2v) is 7.84. The van der Waals surface area contributed by atoms with Gasteiger partial charge in [0.25, 0.3) is 5.91 Å². The number of nitrogens with zero attached hydrogens (tertiary/aromatic N) is 2. The number of thiazole rings is 1. The third kappa shape index (κ3) is 3.78. The Labute approximate surface area is 173 Å². The predicted molar refractivity (Wildman–Crippen MR) is 116 cm³/mol. The van der Waals surface area contributed by atoms with Crippen molar-refractivity contribution in [2.45, 2.75) is 13.5 Å². The Morgan fingerprint density at radius 1 is 1.31 bits per heavy atom. The molecular weight excluding hydrogens is 388 g/mol. The van der Waals surface area contributed by atoms with Crippen molar-refractivity contribution in [3.63, 3.8) is 0 Å². The first kappa shape index (κ1) is 19.6. The molecule has 7 nitrogen and oxygen atoms in total. The number of hydrogen-bond donors (Lipinski definition) is 2. The van der Waals surface area contributed by atoms with Gasteiger partial charge in [-0.15, -0.1) is 0 Å². The highest BCUT2D eigenvalue weighted by molar-refractivity contribution is 7.23. The number of rotatable bonds is 5. The molecule has 0 saturated carbocycles. The highest BCUT2D eigenvalue weighted by atomic mass is 32.1. The first-order chi connectivity index (χ1) is 14.1. The van der Waals surface area contributed by atoms with E-state index in [-0.39, 0.29) is 5.91 Å². The van der Waals surface area contributed by atoms with Crippen LogP contribution in [0, 0.1) is 6.92 Å². The van der Waals surface area contributed by atoms with Crippen molar-refractivity contribution >= 4 is 38.3 Å². The van der Waals surface area contributed by atoms with Crippen molar-refractivity contribution in [3.05, 3.63) is 47.0 Å². The summed E-state index contributed by atoms with van der Waals surface area (Å²) in [6.07, 6.45) is 0. The number of benzene rings is 2. The van der Waals surface area contributed by atoms with Crippen molar-refractivity contribution in [2.75, 3.05) is 43.6 Å². The Balaban J connectivity index is 1.70. The number of methoxy groups -OCH3 is 1. The van der Waals surface area contributed by atoms with Crippen LogP contribution in [0.2, 0.25) is 0 Å². The fraction of sp³-hybridized carbons (Fsp3) is 0.333. The van der Waals surface area contributed by atoms with E-state index in [1.807, 2.05) is 31.2 Å². The minimum absolute atomic E-state index is 0.208. The molecule has 2 heterocycles. The summed E-state index contributed by atoms with van der Waals surface area (Å²) in [5.74, 6) is 0.479. The molecule has 0 atom stereocenters. The average Bonchev–Trinajstić information content (AvgIpc) is 3.16. The number of carbonyl (C=O) groups excluding carboxylic acids is 1. The second kappa shape index (κ2) is 8.36. The van der Waals surface area contributed by atoms with E-state index in [4.69, 9.17) is 15.2 Å². The number of hydrogen-bond acceptors (Lipinski definition) is 7. The Hall–Kier alpha value is -2.68. The van der Waals surface area contributed by atoms with Crippen molar-refractivity contribution in [1.82, 2.24) is 4.98 Å². The molecule has 3 N–H and O–H groups in total. The molecule has 1 aliphatic rings. The highest BCUT2D eigenvalue weighted by Gasteiger charge is 2.20. The fourth-order valence-electron chi connectivity index (χ4n) is 3.59. The molecule has 29 heavy (non-hydrogen) atoms. The molecular formula is C21H24N4O3S. The minimum atomic E-state index is -0.208.